The van der Waals surface area contributed by atoms with E-state index in [2.05, 4.69) is 20.0 Å². The maximum absolute atomic E-state index is 12.6. The maximum atomic E-state index is 12.6. The summed E-state index contributed by atoms with van der Waals surface area (Å²) in [5.41, 5.74) is 6.91. The van der Waals surface area contributed by atoms with E-state index in [9.17, 15) is 13.2 Å². The van der Waals surface area contributed by atoms with Gasteiger partial charge in [-0.3, -0.25) is 0 Å². The average molecular weight is 334 g/mol. The fraction of sp³-hybridized carbons (Fsp3) is 0.125. The van der Waals surface area contributed by atoms with Crippen molar-refractivity contribution in [3.8, 4) is 17.1 Å². The number of nitrogens with two attached hydrogens (primary N) is 1. The van der Waals surface area contributed by atoms with Crippen LogP contribution in [-0.2, 0) is 0 Å². The minimum absolute atomic E-state index is 0.109. The molecule has 0 unspecified atom stereocenters. The lowest BCUT2D eigenvalue weighted by molar-refractivity contribution is -0.274. The molecule has 0 amide bonds. The van der Waals surface area contributed by atoms with E-state index in [1.54, 1.807) is 31.3 Å². The predicted molar refractivity (Wildman–Crippen MR) is 85.6 cm³/mol. The molecule has 0 fully saturated rings. The predicted octanol–water partition coefficient (Wildman–Crippen LogP) is 3.82. The number of nitrogens with zero attached hydrogens (tertiary/aromatic N) is 2. The van der Waals surface area contributed by atoms with E-state index in [-0.39, 0.29) is 17.1 Å². The van der Waals surface area contributed by atoms with Gasteiger partial charge in [0.15, 0.2) is 5.82 Å². The van der Waals surface area contributed by atoms with Crippen molar-refractivity contribution in [2.45, 2.75) is 6.36 Å². The van der Waals surface area contributed by atoms with Gasteiger partial charge >= 0.3 is 6.36 Å². The lowest BCUT2D eigenvalue weighted by atomic mass is 10.1. The van der Waals surface area contributed by atoms with Crippen LogP contribution in [0, 0.1) is 0 Å². The normalized spacial score (nSPS) is 11.5. The monoisotopic (exact) mass is 334 g/mol. The topological polar surface area (TPSA) is 73.1 Å². The van der Waals surface area contributed by atoms with Crippen molar-refractivity contribution in [2.75, 3.05) is 18.1 Å². The number of nitrogen functional groups attached to an aromatic ring is 1. The van der Waals surface area contributed by atoms with Crippen molar-refractivity contribution < 1.29 is 17.9 Å². The molecule has 8 heteroatoms. The number of anilines is 2. The van der Waals surface area contributed by atoms with Crippen LogP contribution < -0.4 is 15.8 Å². The molecule has 3 rings (SSSR count). The van der Waals surface area contributed by atoms with Gasteiger partial charge in [-0.05, 0) is 30.3 Å². The zero-order chi connectivity index (χ0) is 17.3. The molecule has 0 aliphatic carbocycles. The highest BCUT2D eigenvalue weighted by Crippen LogP contribution is 2.34. The molecule has 1 heterocycles. The smallest absolute Gasteiger partial charge is 0.405 e. The van der Waals surface area contributed by atoms with Crippen LogP contribution in [0.4, 0.5) is 24.7 Å². The first-order valence-electron chi connectivity index (χ1n) is 6.97. The van der Waals surface area contributed by atoms with Crippen LogP contribution in [0.3, 0.4) is 0 Å². The summed E-state index contributed by atoms with van der Waals surface area (Å²) in [7, 11) is 1.67. The van der Waals surface area contributed by atoms with E-state index in [4.69, 9.17) is 5.73 Å². The number of fused-ring (bicyclic) bond motifs is 1. The molecule has 2 aromatic carbocycles. The van der Waals surface area contributed by atoms with Crippen LogP contribution in [-0.4, -0.2) is 23.4 Å². The first-order chi connectivity index (χ1) is 11.4. The number of halogens is 3. The van der Waals surface area contributed by atoms with E-state index < -0.39 is 6.36 Å². The van der Waals surface area contributed by atoms with Gasteiger partial charge in [0, 0.05) is 18.1 Å². The Labute approximate surface area is 135 Å². The first-order valence-corrected chi connectivity index (χ1v) is 6.97. The minimum atomic E-state index is -4.80. The molecule has 24 heavy (non-hydrogen) atoms. The zero-order valence-corrected chi connectivity index (χ0v) is 12.6. The summed E-state index contributed by atoms with van der Waals surface area (Å²) in [6.45, 7) is 0. The minimum Gasteiger partial charge on any atom is -0.405 e. The largest absolute Gasteiger partial charge is 0.573 e. The number of nitrogens with one attached hydrogen (secondary N) is 1. The number of rotatable bonds is 3. The number of aromatic nitrogens is 2. The van der Waals surface area contributed by atoms with Gasteiger partial charge in [-0.2, -0.15) is 0 Å². The number of benzene rings is 2. The Kier molecular flexibility index (Phi) is 3.88. The Balaban J connectivity index is 2.20. The zero-order valence-electron chi connectivity index (χ0n) is 12.6. The molecule has 3 N–H and O–H groups in total. The lowest BCUT2D eigenvalue weighted by Gasteiger charge is -2.14. The van der Waals surface area contributed by atoms with Crippen LogP contribution >= 0.6 is 0 Å². The summed E-state index contributed by atoms with van der Waals surface area (Å²) >= 11 is 0. The summed E-state index contributed by atoms with van der Waals surface area (Å²) in [5, 5.41) is 3.62. The fourth-order valence-electron chi connectivity index (χ4n) is 2.32. The molecule has 0 radical (unpaired) electrons. The number of hydrogen-bond donors (Lipinski definition) is 2. The first kappa shape index (κ1) is 15.9. The van der Waals surface area contributed by atoms with E-state index in [1.165, 1.54) is 18.2 Å². The maximum Gasteiger partial charge on any atom is 0.573 e. The SMILES string of the molecule is CNc1nc(-c2ccccc2OC(F)(F)F)nc2cc(N)ccc12. The molecule has 0 aliphatic rings. The molecule has 3 aromatic rings. The molecule has 124 valence electrons. The fourth-order valence-corrected chi connectivity index (χ4v) is 2.32. The van der Waals surface area contributed by atoms with Crippen molar-refractivity contribution in [2.24, 2.45) is 0 Å². The third-order valence-corrected chi connectivity index (χ3v) is 3.31. The van der Waals surface area contributed by atoms with Gasteiger partial charge in [0.2, 0.25) is 0 Å². The highest BCUT2D eigenvalue weighted by Gasteiger charge is 2.32. The van der Waals surface area contributed by atoms with Gasteiger partial charge in [-0.15, -0.1) is 13.2 Å². The number of ether oxygens (including phenoxy) is 1. The second-order valence-corrected chi connectivity index (χ2v) is 4.97. The third-order valence-electron chi connectivity index (χ3n) is 3.31. The summed E-state index contributed by atoms with van der Waals surface area (Å²) < 4.78 is 41.9. The van der Waals surface area contributed by atoms with Gasteiger partial charge in [0.1, 0.15) is 11.6 Å². The van der Waals surface area contributed by atoms with Crippen LogP contribution in [0.2, 0.25) is 0 Å². The van der Waals surface area contributed by atoms with E-state index >= 15 is 0 Å². The van der Waals surface area contributed by atoms with Crippen molar-refractivity contribution in [1.82, 2.24) is 9.97 Å². The molecule has 0 aliphatic heterocycles. The average Bonchev–Trinajstić information content (AvgIpc) is 2.52. The molecule has 5 nitrogen and oxygen atoms in total. The van der Waals surface area contributed by atoms with Crippen LogP contribution in [0.5, 0.6) is 5.75 Å². The summed E-state index contributed by atoms with van der Waals surface area (Å²) in [4.78, 5) is 8.63. The van der Waals surface area contributed by atoms with Crippen LogP contribution in [0.1, 0.15) is 0 Å². The Bertz CT molecular complexity index is 896. The van der Waals surface area contributed by atoms with Crippen molar-refractivity contribution in [1.29, 1.82) is 0 Å². The third kappa shape index (κ3) is 3.17. The molecule has 0 bridgehead atoms. The highest BCUT2D eigenvalue weighted by molar-refractivity contribution is 5.92. The van der Waals surface area contributed by atoms with Gasteiger partial charge in [-0.1, -0.05) is 12.1 Å². The van der Waals surface area contributed by atoms with E-state index in [0.717, 1.165) is 0 Å². The Morgan fingerprint density at radius 2 is 1.83 bits per heavy atom. The van der Waals surface area contributed by atoms with Crippen molar-refractivity contribution in [3.63, 3.8) is 0 Å². The second kappa shape index (κ2) is 5.88. The Hall–Kier alpha value is -3.03. The molecular formula is C16H13F3N4O. The quantitative estimate of drug-likeness (QED) is 0.713. The van der Waals surface area contributed by atoms with Crippen molar-refractivity contribution >= 4 is 22.4 Å². The molecule has 0 saturated heterocycles. The molecule has 1 aromatic heterocycles. The summed E-state index contributed by atoms with van der Waals surface area (Å²) in [6, 6.07) is 10.8. The Morgan fingerprint density at radius 1 is 1.08 bits per heavy atom. The molecule has 0 saturated carbocycles. The van der Waals surface area contributed by atoms with Gasteiger partial charge in [-0.25, -0.2) is 9.97 Å². The number of hydrogen-bond acceptors (Lipinski definition) is 5. The standard InChI is InChI=1S/C16H13F3N4O/c1-21-14-10-7-6-9(20)8-12(10)22-15(23-14)11-4-2-3-5-13(11)24-16(17,18)19/h2-8H,20H2,1H3,(H,21,22,23). The van der Waals surface area contributed by atoms with E-state index in [0.29, 0.717) is 22.4 Å². The second-order valence-electron chi connectivity index (χ2n) is 4.97. The highest BCUT2D eigenvalue weighted by atomic mass is 19.4. The summed E-state index contributed by atoms with van der Waals surface area (Å²) in [5.74, 6) is 0.226. The van der Waals surface area contributed by atoms with E-state index in [1.807, 2.05) is 0 Å². The number of para-hydroxylation sites is 1. The number of alkyl halides is 3. The van der Waals surface area contributed by atoms with Gasteiger partial charge in [0.25, 0.3) is 0 Å². The summed E-state index contributed by atoms with van der Waals surface area (Å²) in [6.07, 6.45) is -4.80. The van der Waals surface area contributed by atoms with Gasteiger partial charge in [0.05, 0.1) is 11.1 Å². The molecular weight excluding hydrogens is 321 g/mol. The van der Waals surface area contributed by atoms with Crippen LogP contribution in [0.25, 0.3) is 22.3 Å². The van der Waals surface area contributed by atoms with Crippen molar-refractivity contribution in [3.05, 3.63) is 42.5 Å². The van der Waals surface area contributed by atoms with Crippen LogP contribution in [0.15, 0.2) is 42.5 Å². The van der Waals surface area contributed by atoms with Gasteiger partial charge < -0.3 is 15.8 Å². The lowest BCUT2D eigenvalue weighted by Crippen LogP contribution is -2.17. The Morgan fingerprint density at radius 3 is 2.54 bits per heavy atom. The molecule has 0 spiro atoms. The molecule has 0 atom stereocenters.